The third kappa shape index (κ3) is 20.6. The Bertz CT molecular complexity index is 8570. The Labute approximate surface area is 858 Å². The van der Waals surface area contributed by atoms with Crippen LogP contribution in [0, 0.1) is 47.4 Å². The number of para-hydroxylation sites is 2. The van der Waals surface area contributed by atoms with Gasteiger partial charge in [0.2, 0.25) is 0 Å². The molecule has 24 rings (SSSR count). The van der Waals surface area contributed by atoms with Gasteiger partial charge in [0.1, 0.15) is 65.0 Å². The molecule has 2 saturated carbocycles. The Balaban J connectivity index is 0.000000138. The van der Waals surface area contributed by atoms with Crippen molar-refractivity contribution in [3.63, 3.8) is 0 Å². The van der Waals surface area contributed by atoms with Crippen LogP contribution >= 0.6 is 0 Å². The van der Waals surface area contributed by atoms with Crippen LogP contribution in [0.2, 0.25) is 0 Å². The molecular formula is C113H125FN30O5. The summed E-state index contributed by atoms with van der Waals surface area (Å²) in [5.41, 5.74) is 18.0. The molecule has 0 spiro atoms. The van der Waals surface area contributed by atoms with E-state index < -0.39 is 5.82 Å². The lowest BCUT2D eigenvalue weighted by Crippen LogP contribution is -2.28. The zero-order chi connectivity index (χ0) is 100.0. The minimum absolute atomic E-state index is 0. The zero-order valence-corrected chi connectivity index (χ0v) is 81.5. The van der Waals surface area contributed by atoms with E-state index in [1.807, 2.05) is 209 Å². The highest BCUT2D eigenvalue weighted by atomic mass is 19.1. The highest BCUT2D eigenvalue weighted by Crippen LogP contribution is 2.41. The summed E-state index contributed by atoms with van der Waals surface area (Å²) in [6.45, 7) is 26.1. The zero-order valence-electron chi connectivity index (χ0n) is 81.5. The second-order valence-electron chi connectivity index (χ2n) is 36.8. The molecule has 2 aliphatic carbocycles. The number of imidazole rings is 5. The van der Waals surface area contributed by atoms with E-state index >= 15 is 0 Å². The number of halogens is 1. The first-order chi connectivity index (χ1) is 69.9. The van der Waals surface area contributed by atoms with Crippen LogP contribution in [-0.2, 0) is 0 Å². The number of fused-ring (bicyclic) bond motifs is 10. The molecule has 2 fully saturated rings. The van der Waals surface area contributed by atoms with Gasteiger partial charge in [0.05, 0.1) is 100 Å². The number of pyridine rings is 5. The van der Waals surface area contributed by atoms with Gasteiger partial charge < -0.3 is 65.2 Å². The number of aromatic nitrogens is 25. The van der Waals surface area contributed by atoms with Crippen molar-refractivity contribution in [2.24, 2.45) is 0 Å². The van der Waals surface area contributed by atoms with Crippen LogP contribution in [0.1, 0.15) is 228 Å². The quantitative estimate of drug-likeness (QED) is 0.0319. The van der Waals surface area contributed by atoms with Crippen LogP contribution in [0.4, 0.5) is 33.5 Å². The Morgan fingerprint density at radius 3 is 0.913 bits per heavy atom. The first-order valence-electron chi connectivity index (χ1n) is 47.9. The third-order valence-electron chi connectivity index (χ3n) is 26.7. The molecule has 7 aromatic carbocycles. The van der Waals surface area contributed by atoms with Gasteiger partial charge in [-0.25, -0.2) is 79.2 Å². The molecule has 10 N–H and O–H groups in total. The number of aryl methyl sites for hydroxylation is 6. The largest absolute Gasteiger partial charge is 0.360 e. The van der Waals surface area contributed by atoms with Crippen LogP contribution in [0.3, 0.4) is 0 Å². The molecule has 5 atom stereocenters. The van der Waals surface area contributed by atoms with E-state index in [9.17, 15) is 28.4 Å². The Hall–Kier alpha value is -17.7. The van der Waals surface area contributed by atoms with Crippen LogP contribution in [0.15, 0.2) is 257 Å². The fraction of sp³-hybridized carbons (Fsp3) is 0.274. The summed E-state index contributed by atoms with van der Waals surface area (Å²) in [6, 6.07) is 54.0. The number of hydrogen-bond acceptors (Lipinski definition) is 25. The number of nitrogens with zero attached hydrogens (tertiary/aromatic N) is 20. The normalized spacial score (nSPS) is 13.1. The highest BCUT2D eigenvalue weighted by molar-refractivity contribution is 5.92. The molecule has 764 valence electrons. The second kappa shape index (κ2) is 44.5. The van der Waals surface area contributed by atoms with Crippen molar-refractivity contribution < 1.29 is 4.39 Å². The number of anilines is 5. The lowest BCUT2D eigenvalue weighted by molar-refractivity contribution is 0.541. The molecular weight excluding hydrogens is 1880 g/mol. The van der Waals surface area contributed by atoms with E-state index in [1.54, 1.807) is 49.8 Å². The molecule has 22 aromatic rings. The Morgan fingerprint density at radius 1 is 0.309 bits per heavy atom. The topological polar surface area (TPSA) is 442 Å². The minimum atomic E-state index is -0.469. The molecule has 0 amide bonds. The maximum atomic E-state index is 14.8. The van der Waals surface area contributed by atoms with Gasteiger partial charge in [0.25, 0.3) is 27.8 Å². The molecule has 0 radical (unpaired) electrons. The first kappa shape index (κ1) is 106. The fourth-order valence-electron chi connectivity index (χ4n) is 19.3. The van der Waals surface area contributed by atoms with Crippen molar-refractivity contribution in [2.75, 3.05) is 26.6 Å². The predicted octanol–water partition coefficient (Wildman–Crippen LogP) is 23.0. The van der Waals surface area contributed by atoms with Crippen molar-refractivity contribution >= 4 is 139 Å². The summed E-state index contributed by atoms with van der Waals surface area (Å²) in [6.07, 6.45) is 20.3. The van der Waals surface area contributed by atoms with E-state index in [2.05, 4.69) is 171 Å². The monoisotopic (exact) mass is 2000 g/mol. The van der Waals surface area contributed by atoms with E-state index in [-0.39, 0.29) is 107 Å². The molecule has 4 unspecified atom stereocenters. The number of nitrogens with one attached hydrogen (secondary N) is 10. The average molecular weight is 2000 g/mol. The third-order valence-corrected chi connectivity index (χ3v) is 26.7. The fourth-order valence-corrected chi connectivity index (χ4v) is 19.3. The molecule has 2 aliphatic rings. The second-order valence-corrected chi connectivity index (χ2v) is 36.8. The average Bonchev–Trinajstić information content (AvgIpc) is 1.70. The summed E-state index contributed by atoms with van der Waals surface area (Å²) in [4.78, 5) is 146. The minimum Gasteiger partial charge on any atom is -0.360 e. The van der Waals surface area contributed by atoms with Crippen LogP contribution < -0.4 is 54.4 Å². The molecule has 35 nitrogen and oxygen atoms in total. The van der Waals surface area contributed by atoms with Gasteiger partial charge in [-0.1, -0.05) is 165 Å². The lowest BCUT2D eigenvalue weighted by atomic mass is 10.0. The summed E-state index contributed by atoms with van der Waals surface area (Å²) in [5, 5.41) is 25.5. The maximum absolute atomic E-state index is 14.8. The molecule has 0 aliphatic heterocycles. The van der Waals surface area contributed by atoms with Gasteiger partial charge in [0, 0.05) is 46.6 Å². The van der Waals surface area contributed by atoms with Gasteiger partial charge in [-0.05, 0) is 224 Å². The summed E-state index contributed by atoms with van der Waals surface area (Å²) in [7, 11) is 0. The van der Waals surface area contributed by atoms with E-state index in [0.717, 1.165) is 164 Å². The number of H-pyrrole nitrogens is 5. The Kier molecular flexibility index (Phi) is 31.5. The van der Waals surface area contributed by atoms with Crippen LogP contribution in [0.25, 0.3) is 121 Å². The number of aromatic amines is 5. The summed E-state index contributed by atoms with van der Waals surface area (Å²) < 4.78 is 23.9. The number of benzene rings is 7. The van der Waals surface area contributed by atoms with Gasteiger partial charge in [-0.3, -0.25) is 33.1 Å². The summed E-state index contributed by atoms with van der Waals surface area (Å²) >= 11 is 0. The van der Waals surface area contributed by atoms with Gasteiger partial charge >= 0.3 is 0 Å². The van der Waals surface area contributed by atoms with Crippen molar-refractivity contribution in [3.8, 4) is 11.4 Å². The van der Waals surface area contributed by atoms with Crippen LogP contribution in [-0.4, -0.2) is 123 Å². The molecule has 0 saturated heterocycles. The van der Waals surface area contributed by atoms with E-state index in [0.29, 0.717) is 86.0 Å². The lowest BCUT2D eigenvalue weighted by Gasteiger charge is -2.24. The first-order valence-corrected chi connectivity index (χ1v) is 47.9. The smallest absolute Gasteiger partial charge is 0.263 e. The van der Waals surface area contributed by atoms with Gasteiger partial charge in [0.15, 0.2) is 57.3 Å². The van der Waals surface area contributed by atoms with E-state index in [4.69, 9.17) is 0 Å². The number of hydrogen-bond donors (Lipinski definition) is 10. The van der Waals surface area contributed by atoms with Crippen molar-refractivity contribution in [2.45, 2.75) is 208 Å². The molecule has 15 heterocycles. The highest BCUT2D eigenvalue weighted by Gasteiger charge is 2.33. The Morgan fingerprint density at radius 2 is 0.584 bits per heavy atom. The molecule has 149 heavy (non-hydrogen) atoms. The summed E-state index contributed by atoms with van der Waals surface area (Å²) in [5.74, 6) is 2.77. The van der Waals surface area contributed by atoms with Crippen LogP contribution in [0.5, 0.6) is 0 Å². The van der Waals surface area contributed by atoms with Gasteiger partial charge in [-0.2, -0.15) is 0 Å². The predicted molar refractivity (Wildman–Crippen MR) is 596 cm³/mol. The SMILES string of the molecule is C.C.C.C.C.CCC(Nc1ncnc2nc[nH]c12)c1cc2cccc(C)c2c(=O)n1-c1ccccc1C.Cc1cccc2cc(C(C)Nc3ncnc4nc[nH]c34)n(-c3ccccc3F)c(=O)c12.Cc1cccc2cc(C(C)Nc3ncnc4nc[nH]c34)n(C(C)C)c(=O)c12.Cc1cccc2cc(C(C)Nc3ncnc4nc[nH]c34)n(C3CC3)c(=O)c12.Cc1cccc2cc([C@H](C)Nc3ncnc4nc[nH]c34)n(C3CC3)c(=O)c12. The maximum Gasteiger partial charge on any atom is 0.263 e. The van der Waals surface area contributed by atoms with Crippen molar-refractivity contribution in [1.29, 1.82) is 0 Å². The van der Waals surface area contributed by atoms with Crippen molar-refractivity contribution in [1.82, 2.24) is 123 Å². The standard InChI is InChI=1S/C25H24N6O.C23H19FN6O.2C20H20N6O.C20H22N6O.5CH4/c1-4-18(30-24-22-23(27-13-26-22)28-14-29-24)20-12-17-10-7-9-16(3)21(17)25(32)31(20)19-11-6-5-8-15(19)2;1-13-6-5-7-15-10-18(14(2)29-22-20-21(26-11-25-20)27-12-28-22)30(23(31)19(13)15)17-9-4-3-8-16(17)24;2*1-11-4-3-5-13-8-15(26(14-6-7-14)20(27)16(11)13)12(2)25-19-17-18(22-9-21-17)23-10-24-19;1-11(2)26-15(8-14-7-5-6-12(3)16(14)20(26)27)13(4)25-19-17-18(22-9-21-17)23-10-24-19;;;;;/h5-14,18H,4H2,1-3H3,(H2,26,27,28,29,30);3-12,14H,1-2H3,(H2,25,26,27,28,29);2*3-5,8-10,12,14H,6-7H2,1-2H3,(H2,21,22,23,24,25);5-11,13H,1-4H3,(H2,21,22,23,24,25);5*1H4/t;;12-;;;;;;;/m..0......./s1. The molecule has 36 heteroatoms. The van der Waals surface area contributed by atoms with E-state index in [1.165, 1.54) is 42.3 Å². The van der Waals surface area contributed by atoms with Crippen molar-refractivity contribution in [3.05, 3.63) is 353 Å². The molecule has 0 bridgehead atoms. The van der Waals surface area contributed by atoms with Gasteiger partial charge in [-0.15, -0.1) is 0 Å². The number of rotatable bonds is 21. The molecule has 15 aromatic heterocycles.